The summed E-state index contributed by atoms with van der Waals surface area (Å²) in [7, 11) is -1.71. The summed E-state index contributed by atoms with van der Waals surface area (Å²) in [5.41, 5.74) is 1.66. The Morgan fingerprint density at radius 2 is 1.77 bits per heavy atom. The minimum atomic E-state index is -3.56. The molecule has 0 radical (unpaired) electrons. The molecule has 0 aliphatic carbocycles. The number of hydrogen-bond acceptors (Lipinski definition) is 5. The van der Waals surface area contributed by atoms with Gasteiger partial charge < -0.3 is 4.57 Å². The number of hydrogen-bond donors (Lipinski definition) is 0. The van der Waals surface area contributed by atoms with E-state index in [1.54, 1.807) is 30.3 Å². The molecule has 1 unspecified atom stereocenters. The van der Waals surface area contributed by atoms with Crippen LogP contribution in [0.25, 0.3) is 11.4 Å². The predicted octanol–water partition coefficient (Wildman–Crippen LogP) is 4.51. The summed E-state index contributed by atoms with van der Waals surface area (Å²) >= 11 is 1.51. The van der Waals surface area contributed by atoms with Gasteiger partial charge in [-0.05, 0) is 36.8 Å². The van der Waals surface area contributed by atoms with Crippen LogP contribution in [0.3, 0.4) is 0 Å². The van der Waals surface area contributed by atoms with Crippen LogP contribution in [0.4, 0.5) is 4.39 Å². The van der Waals surface area contributed by atoms with Gasteiger partial charge in [-0.2, -0.15) is 4.31 Å². The van der Waals surface area contributed by atoms with Gasteiger partial charge in [-0.1, -0.05) is 49.9 Å². The highest BCUT2D eigenvalue weighted by molar-refractivity contribution is 7.99. The van der Waals surface area contributed by atoms with E-state index < -0.39 is 10.0 Å². The third kappa shape index (κ3) is 4.58. The van der Waals surface area contributed by atoms with Crippen LogP contribution in [0.1, 0.15) is 31.6 Å². The normalized spacial score (nSPS) is 13.0. The lowest BCUT2D eigenvalue weighted by molar-refractivity contribution is 0.445. The van der Waals surface area contributed by atoms with Crippen LogP contribution in [0.15, 0.2) is 58.6 Å². The number of benzene rings is 2. The van der Waals surface area contributed by atoms with Crippen LogP contribution >= 0.6 is 11.8 Å². The zero-order valence-corrected chi connectivity index (χ0v) is 19.0. The van der Waals surface area contributed by atoms with Crippen LogP contribution in [-0.2, 0) is 17.1 Å². The quantitative estimate of drug-likeness (QED) is 0.475. The minimum absolute atomic E-state index is 0.0516. The molecule has 0 N–H and O–H groups in total. The van der Waals surface area contributed by atoms with Gasteiger partial charge in [0, 0.05) is 31.0 Å². The largest absolute Gasteiger partial charge is 0.305 e. The highest BCUT2D eigenvalue weighted by atomic mass is 32.2. The SMILES string of the molecule is CCN(CC)S(=O)(=O)c1cccc(-c2nnc(SC(C)c3ccc(F)cc3)n2C)c1. The molecule has 0 saturated heterocycles. The Kier molecular flexibility index (Phi) is 6.95. The number of aromatic nitrogens is 3. The number of sulfonamides is 1. The van der Waals surface area contributed by atoms with Gasteiger partial charge in [0.05, 0.1) is 4.90 Å². The van der Waals surface area contributed by atoms with Gasteiger partial charge in [0.25, 0.3) is 0 Å². The molecule has 0 aliphatic heterocycles. The maximum Gasteiger partial charge on any atom is 0.243 e. The average Bonchev–Trinajstić information content (AvgIpc) is 3.09. The topological polar surface area (TPSA) is 68.1 Å². The van der Waals surface area contributed by atoms with E-state index >= 15 is 0 Å². The third-order valence-electron chi connectivity index (χ3n) is 4.89. The van der Waals surface area contributed by atoms with E-state index in [2.05, 4.69) is 10.2 Å². The second kappa shape index (κ2) is 9.28. The van der Waals surface area contributed by atoms with Crippen molar-refractivity contribution in [1.82, 2.24) is 19.1 Å². The van der Waals surface area contributed by atoms with Crippen molar-refractivity contribution >= 4 is 21.8 Å². The molecule has 0 saturated carbocycles. The van der Waals surface area contributed by atoms with Crippen molar-refractivity contribution in [3.63, 3.8) is 0 Å². The van der Waals surface area contributed by atoms with E-state index in [9.17, 15) is 12.8 Å². The van der Waals surface area contributed by atoms with E-state index in [1.165, 1.54) is 28.2 Å². The standard InChI is InChI=1S/C21H25FN4O2S2/c1-5-26(6-2)30(27,28)19-9-7-8-17(14-19)20-23-24-21(25(20)4)29-15(3)16-10-12-18(22)13-11-16/h7-15H,5-6H2,1-4H3. The van der Waals surface area contributed by atoms with Crippen molar-refractivity contribution in [1.29, 1.82) is 0 Å². The zero-order valence-electron chi connectivity index (χ0n) is 17.4. The Balaban J connectivity index is 1.88. The molecule has 0 bridgehead atoms. The molecular formula is C21H25FN4O2S2. The lowest BCUT2D eigenvalue weighted by atomic mass is 10.2. The van der Waals surface area contributed by atoms with Crippen molar-refractivity contribution in [2.75, 3.05) is 13.1 Å². The summed E-state index contributed by atoms with van der Waals surface area (Å²) in [4.78, 5) is 0.237. The molecule has 30 heavy (non-hydrogen) atoms. The van der Waals surface area contributed by atoms with Crippen molar-refractivity contribution < 1.29 is 12.8 Å². The summed E-state index contributed by atoms with van der Waals surface area (Å²) in [5.74, 6) is 0.317. The summed E-state index contributed by atoms with van der Waals surface area (Å²) in [5, 5.41) is 9.30. The lowest BCUT2D eigenvalue weighted by Gasteiger charge is -2.18. The molecule has 1 atom stereocenters. The second-order valence-electron chi connectivity index (χ2n) is 6.79. The Hall–Kier alpha value is -2.23. The van der Waals surface area contributed by atoms with Gasteiger partial charge in [0.2, 0.25) is 10.0 Å². The Morgan fingerprint density at radius 1 is 1.10 bits per heavy atom. The maximum atomic E-state index is 13.2. The van der Waals surface area contributed by atoms with Crippen LogP contribution in [0, 0.1) is 5.82 Å². The Morgan fingerprint density at radius 3 is 2.40 bits per heavy atom. The smallest absolute Gasteiger partial charge is 0.243 e. The van der Waals surface area contributed by atoms with Crippen LogP contribution in [0.5, 0.6) is 0 Å². The molecule has 0 aliphatic rings. The third-order valence-corrected chi connectivity index (χ3v) is 8.13. The fraction of sp³-hybridized carbons (Fsp3) is 0.333. The molecule has 9 heteroatoms. The first kappa shape index (κ1) is 22.5. The number of thioether (sulfide) groups is 1. The number of halogens is 1. The molecule has 0 amide bonds. The van der Waals surface area contributed by atoms with Gasteiger partial charge in [-0.15, -0.1) is 10.2 Å². The van der Waals surface area contributed by atoms with Gasteiger partial charge in [0.15, 0.2) is 11.0 Å². The second-order valence-corrected chi connectivity index (χ2v) is 10.0. The van der Waals surface area contributed by atoms with Crippen molar-refractivity contribution in [3.05, 3.63) is 59.9 Å². The molecule has 2 aromatic carbocycles. The average molecular weight is 449 g/mol. The van der Waals surface area contributed by atoms with Crippen LogP contribution in [-0.4, -0.2) is 40.6 Å². The van der Waals surface area contributed by atoms with Crippen LogP contribution < -0.4 is 0 Å². The lowest BCUT2D eigenvalue weighted by Crippen LogP contribution is -2.30. The van der Waals surface area contributed by atoms with E-state index in [0.717, 1.165) is 5.56 Å². The summed E-state index contributed by atoms with van der Waals surface area (Å²) in [6.45, 7) is 6.48. The van der Waals surface area contributed by atoms with E-state index in [4.69, 9.17) is 0 Å². The predicted molar refractivity (Wildman–Crippen MR) is 117 cm³/mol. The van der Waals surface area contributed by atoms with E-state index in [-0.39, 0.29) is 16.0 Å². The molecule has 0 fully saturated rings. The number of rotatable bonds is 8. The highest BCUT2D eigenvalue weighted by Gasteiger charge is 2.23. The molecular weight excluding hydrogens is 423 g/mol. The van der Waals surface area contributed by atoms with Gasteiger partial charge >= 0.3 is 0 Å². The molecule has 1 heterocycles. The molecule has 3 aromatic rings. The summed E-state index contributed by atoms with van der Waals surface area (Å²) < 4.78 is 42.1. The summed E-state index contributed by atoms with van der Waals surface area (Å²) in [6.07, 6.45) is 0. The highest BCUT2D eigenvalue weighted by Crippen LogP contribution is 2.35. The fourth-order valence-electron chi connectivity index (χ4n) is 3.14. The summed E-state index contributed by atoms with van der Waals surface area (Å²) in [6, 6.07) is 13.2. The molecule has 0 spiro atoms. The van der Waals surface area contributed by atoms with E-state index in [0.29, 0.717) is 29.6 Å². The van der Waals surface area contributed by atoms with Gasteiger partial charge in [-0.25, -0.2) is 12.8 Å². The van der Waals surface area contributed by atoms with Crippen LogP contribution in [0.2, 0.25) is 0 Å². The van der Waals surface area contributed by atoms with E-state index in [1.807, 2.05) is 38.5 Å². The first-order valence-electron chi connectivity index (χ1n) is 9.70. The number of nitrogens with zero attached hydrogens (tertiary/aromatic N) is 4. The zero-order chi connectivity index (χ0) is 21.9. The van der Waals surface area contributed by atoms with Gasteiger partial charge in [0.1, 0.15) is 5.82 Å². The first-order chi connectivity index (χ1) is 14.3. The van der Waals surface area contributed by atoms with Crippen molar-refractivity contribution in [2.24, 2.45) is 7.05 Å². The molecule has 160 valence electrons. The molecule has 3 rings (SSSR count). The fourth-order valence-corrected chi connectivity index (χ4v) is 5.58. The molecule has 1 aromatic heterocycles. The van der Waals surface area contributed by atoms with Crippen molar-refractivity contribution in [2.45, 2.75) is 36.1 Å². The monoisotopic (exact) mass is 448 g/mol. The van der Waals surface area contributed by atoms with Crippen molar-refractivity contribution in [3.8, 4) is 11.4 Å². The Labute approximate surface area is 181 Å². The first-order valence-corrected chi connectivity index (χ1v) is 12.0. The maximum absolute atomic E-state index is 13.2. The Bertz CT molecular complexity index is 1110. The molecule has 6 nitrogen and oxygen atoms in total. The minimum Gasteiger partial charge on any atom is -0.305 e. The van der Waals surface area contributed by atoms with Gasteiger partial charge in [-0.3, -0.25) is 0 Å².